The van der Waals surface area contributed by atoms with Gasteiger partial charge in [-0.15, -0.1) is 0 Å². The van der Waals surface area contributed by atoms with E-state index in [9.17, 15) is 19.5 Å². The molecule has 1 amide bonds. The van der Waals surface area contributed by atoms with Crippen LogP contribution in [0.2, 0.25) is 0 Å². The molecule has 0 aliphatic heterocycles. The van der Waals surface area contributed by atoms with E-state index in [2.05, 4.69) is 17.9 Å². The van der Waals surface area contributed by atoms with Crippen molar-refractivity contribution in [3.8, 4) is 11.1 Å². The first-order valence-corrected chi connectivity index (χ1v) is 12.1. The third kappa shape index (κ3) is 6.05. The molecule has 0 saturated heterocycles. The molecule has 2 aromatic carbocycles. The highest BCUT2D eigenvalue weighted by molar-refractivity contribution is 7.81. The summed E-state index contributed by atoms with van der Waals surface area (Å²) in [5.74, 6) is -1.48. The van der Waals surface area contributed by atoms with Gasteiger partial charge in [0.25, 0.3) is 0 Å². The van der Waals surface area contributed by atoms with Crippen molar-refractivity contribution in [1.82, 2.24) is 5.32 Å². The van der Waals surface area contributed by atoms with E-state index in [-0.39, 0.29) is 18.1 Å². The van der Waals surface area contributed by atoms with Crippen LogP contribution in [0.15, 0.2) is 54.6 Å². The molecule has 0 heterocycles. The Balaban J connectivity index is 1.73. The Hall–Kier alpha value is -2.60. The number of carbonyl (C=O) groups is 3. The summed E-state index contributed by atoms with van der Waals surface area (Å²) < 4.78 is 0. The number of carboxylic acids is 1. The molecule has 0 spiro atoms. The zero-order valence-electron chi connectivity index (χ0n) is 19.3. The molecular formula is C27H33NO4S. The molecule has 1 fully saturated rings. The molecule has 2 N–H and O–H groups in total. The maximum Gasteiger partial charge on any atom is 0.326 e. The van der Waals surface area contributed by atoms with E-state index in [1.807, 2.05) is 68.4 Å². The largest absolute Gasteiger partial charge is 0.480 e. The van der Waals surface area contributed by atoms with Crippen molar-refractivity contribution in [3.05, 3.63) is 60.2 Å². The minimum absolute atomic E-state index is 0.150. The Morgan fingerprint density at radius 2 is 1.55 bits per heavy atom. The van der Waals surface area contributed by atoms with Gasteiger partial charge >= 0.3 is 5.97 Å². The van der Waals surface area contributed by atoms with Crippen molar-refractivity contribution in [3.63, 3.8) is 0 Å². The molecule has 1 aliphatic rings. The Morgan fingerprint density at radius 3 is 2.09 bits per heavy atom. The highest BCUT2D eigenvalue weighted by Crippen LogP contribution is 2.41. The predicted molar refractivity (Wildman–Crippen MR) is 133 cm³/mol. The lowest BCUT2D eigenvalue weighted by atomic mass is 9.77. The van der Waals surface area contributed by atoms with E-state index in [4.69, 9.17) is 0 Å². The molecule has 33 heavy (non-hydrogen) atoms. The first-order valence-electron chi connectivity index (χ1n) is 11.6. The Labute approximate surface area is 201 Å². The molecular weight excluding hydrogens is 434 g/mol. The quantitative estimate of drug-likeness (QED) is 0.341. The molecule has 1 saturated carbocycles. The van der Waals surface area contributed by atoms with Gasteiger partial charge in [0, 0.05) is 6.42 Å². The molecule has 0 radical (unpaired) electrons. The molecule has 0 bridgehead atoms. The summed E-state index contributed by atoms with van der Waals surface area (Å²) in [4.78, 5) is 38.5. The van der Waals surface area contributed by atoms with Gasteiger partial charge in [-0.25, -0.2) is 4.79 Å². The van der Waals surface area contributed by atoms with Gasteiger partial charge in [-0.05, 0) is 41.9 Å². The van der Waals surface area contributed by atoms with Crippen LogP contribution < -0.4 is 5.32 Å². The maximum absolute atomic E-state index is 13.3. The number of thiol groups is 1. The molecule has 2 atom stereocenters. The second kappa shape index (κ2) is 11.0. The Bertz CT molecular complexity index is 965. The molecule has 6 heteroatoms. The normalized spacial score (nSPS) is 16.8. The fourth-order valence-electron chi connectivity index (χ4n) is 4.63. The highest BCUT2D eigenvalue weighted by atomic mass is 32.1. The zero-order chi connectivity index (χ0) is 24.0. The van der Waals surface area contributed by atoms with Gasteiger partial charge in [-0.2, -0.15) is 12.6 Å². The number of hydrogen-bond acceptors (Lipinski definition) is 4. The number of carboxylic acid groups (broad SMARTS) is 1. The van der Waals surface area contributed by atoms with Crippen molar-refractivity contribution in [1.29, 1.82) is 0 Å². The number of benzene rings is 2. The fraction of sp³-hybridized carbons (Fsp3) is 0.444. The lowest BCUT2D eigenvalue weighted by Crippen LogP contribution is -2.53. The second-order valence-corrected chi connectivity index (χ2v) is 10.1. The molecule has 0 unspecified atom stereocenters. The molecule has 3 rings (SSSR count). The van der Waals surface area contributed by atoms with Crippen LogP contribution in [0, 0.1) is 11.3 Å². The van der Waals surface area contributed by atoms with Crippen molar-refractivity contribution >= 4 is 30.3 Å². The molecule has 1 aliphatic carbocycles. The summed E-state index contributed by atoms with van der Waals surface area (Å²) >= 11 is 4.49. The minimum Gasteiger partial charge on any atom is -0.480 e. The third-order valence-corrected chi connectivity index (χ3v) is 6.91. The number of aliphatic carboxylic acids is 1. The van der Waals surface area contributed by atoms with Crippen molar-refractivity contribution in [2.24, 2.45) is 11.3 Å². The van der Waals surface area contributed by atoms with Gasteiger partial charge in [0.2, 0.25) is 5.91 Å². The van der Waals surface area contributed by atoms with Crippen LogP contribution in [-0.2, 0) is 20.8 Å². The predicted octanol–water partition coefficient (Wildman–Crippen LogP) is 4.94. The zero-order valence-corrected chi connectivity index (χ0v) is 20.2. The monoisotopic (exact) mass is 467 g/mol. The number of rotatable bonds is 10. The van der Waals surface area contributed by atoms with Crippen LogP contribution in [-0.4, -0.2) is 34.1 Å². The van der Waals surface area contributed by atoms with E-state index in [1.54, 1.807) is 0 Å². The summed E-state index contributed by atoms with van der Waals surface area (Å²) in [6, 6.07) is 16.5. The average Bonchev–Trinajstić information content (AvgIpc) is 3.30. The van der Waals surface area contributed by atoms with Crippen LogP contribution in [0.25, 0.3) is 11.1 Å². The summed E-state index contributed by atoms with van der Waals surface area (Å²) in [7, 11) is 0. The maximum atomic E-state index is 13.3. The van der Waals surface area contributed by atoms with E-state index in [0.29, 0.717) is 19.3 Å². The number of nitrogens with one attached hydrogen (secondary N) is 1. The highest BCUT2D eigenvalue weighted by Gasteiger charge is 2.50. The number of amides is 1. The summed E-state index contributed by atoms with van der Waals surface area (Å²) in [6.45, 7) is 4.03. The third-order valence-electron chi connectivity index (χ3n) is 6.47. The van der Waals surface area contributed by atoms with Gasteiger partial charge in [-0.1, -0.05) is 81.3 Å². The topological polar surface area (TPSA) is 83.5 Å². The first-order chi connectivity index (χ1) is 15.7. The molecule has 176 valence electrons. The van der Waals surface area contributed by atoms with Crippen LogP contribution in [0.4, 0.5) is 0 Å². The van der Waals surface area contributed by atoms with E-state index in [1.165, 1.54) is 0 Å². The Kier molecular flexibility index (Phi) is 8.35. The van der Waals surface area contributed by atoms with Crippen LogP contribution in [0.3, 0.4) is 0 Å². The average molecular weight is 468 g/mol. The minimum atomic E-state index is -1.17. The van der Waals surface area contributed by atoms with Crippen molar-refractivity contribution in [2.75, 3.05) is 0 Å². The number of ketones is 1. The Morgan fingerprint density at radius 1 is 0.970 bits per heavy atom. The SMILES string of the molecule is CC(C)C[C@H](S)C(=O)C1(C(=O)N[C@@H](Cc2ccc(-c3ccccc3)cc2)C(=O)O)CCCC1. The molecule has 5 nitrogen and oxygen atoms in total. The van der Waals surface area contributed by atoms with E-state index < -0.39 is 28.6 Å². The molecule has 0 aromatic heterocycles. The van der Waals surface area contributed by atoms with Gasteiger partial charge in [-0.3, -0.25) is 9.59 Å². The summed E-state index contributed by atoms with van der Waals surface area (Å²) in [6.07, 6.45) is 3.19. The number of carbonyl (C=O) groups excluding carboxylic acids is 2. The standard InChI is InChI=1S/C27H33NO4S/c1-18(2)16-23(33)24(29)27(14-6-7-15-27)26(32)28-22(25(30)31)17-19-10-12-21(13-11-19)20-8-4-3-5-9-20/h3-5,8-13,18,22-23,33H,6-7,14-17H2,1-2H3,(H,28,32)(H,30,31)/t22-,23-/m0/s1. The summed E-state index contributed by atoms with van der Waals surface area (Å²) in [5, 5.41) is 12.0. The van der Waals surface area contributed by atoms with Crippen LogP contribution in [0.5, 0.6) is 0 Å². The smallest absolute Gasteiger partial charge is 0.326 e. The fourth-order valence-corrected chi connectivity index (χ4v) is 5.30. The number of hydrogen-bond donors (Lipinski definition) is 3. The van der Waals surface area contributed by atoms with E-state index in [0.717, 1.165) is 29.5 Å². The van der Waals surface area contributed by atoms with Crippen molar-refractivity contribution in [2.45, 2.75) is 63.7 Å². The van der Waals surface area contributed by atoms with E-state index >= 15 is 0 Å². The second-order valence-electron chi connectivity index (χ2n) is 9.43. The van der Waals surface area contributed by atoms with Crippen LogP contribution in [0.1, 0.15) is 51.5 Å². The van der Waals surface area contributed by atoms with Crippen LogP contribution >= 0.6 is 12.6 Å². The lowest BCUT2D eigenvalue weighted by molar-refractivity contribution is -0.147. The molecule has 2 aromatic rings. The van der Waals surface area contributed by atoms with Gasteiger partial charge in [0.1, 0.15) is 11.5 Å². The number of Topliss-reactive ketones (excluding diaryl/α,β-unsaturated/α-hetero) is 1. The first kappa shape index (κ1) is 25.0. The summed E-state index contributed by atoms with van der Waals surface area (Å²) in [5.41, 5.74) is 1.75. The van der Waals surface area contributed by atoms with Crippen molar-refractivity contribution < 1.29 is 19.5 Å². The van der Waals surface area contributed by atoms with Gasteiger partial charge < -0.3 is 10.4 Å². The van der Waals surface area contributed by atoms with Gasteiger partial charge in [0.15, 0.2) is 5.78 Å². The van der Waals surface area contributed by atoms with Gasteiger partial charge in [0.05, 0.1) is 5.25 Å². The lowest BCUT2D eigenvalue weighted by Gasteiger charge is -2.30.